The molecular weight excluding hydrogens is 260 g/mol. The Morgan fingerprint density at radius 3 is 3.05 bits per heavy atom. The molecule has 1 aliphatic rings. The van der Waals surface area contributed by atoms with Crippen LogP contribution in [0.2, 0.25) is 0 Å². The lowest BCUT2D eigenvalue weighted by Gasteiger charge is -2.02. The lowest BCUT2D eigenvalue weighted by Crippen LogP contribution is -2.14. The van der Waals surface area contributed by atoms with Crippen molar-refractivity contribution in [2.75, 3.05) is 5.32 Å². The van der Waals surface area contributed by atoms with Gasteiger partial charge < -0.3 is 10.4 Å². The van der Waals surface area contributed by atoms with Gasteiger partial charge in [0.15, 0.2) is 5.13 Å². The highest BCUT2D eigenvalue weighted by Crippen LogP contribution is 2.40. The van der Waals surface area contributed by atoms with Gasteiger partial charge in [-0.15, -0.1) is 11.3 Å². The molecule has 98 valence electrons. The molecular formula is C14H14N2O2S. The number of aromatic hydroxyl groups is 1. The normalized spacial score (nSPS) is 14.3. The quantitative estimate of drug-likeness (QED) is 0.901. The second kappa shape index (κ2) is 5.01. The molecule has 1 fully saturated rings. The number of hydrogen-bond donors (Lipinski definition) is 2. The van der Waals surface area contributed by atoms with Gasteiger partial charge in [0.05, 0.1) is 12.1 Å². The molecule has 5 heteroatoms. The molecule has 1 aromatic heterocycles. The zero-order valence-electron chi connectivity index (χ0n) is 10.3. The zero-order chi connectivity index (χ0) is 13.2. The van der Waals surface area contributed by atoms with Crippen LogP contribution in [0.25, 0.3) is 0 Å². The van der Waals surface area contributed by atoms with E-state index in [1.165, 1.54) is 24.2 Å². The van der Waals surface area contributed by atoms with E-state index in [2.05, 4.69) is 10.3 Å². The Morgan fingerprint density at radius 2 is 2.32 bits per heavy atom. The SMILES string of the molecule is O=C(Cc1cccc(O)c1)Nc1nc(C2CC2)cs1. The number of hydrogen-bond acceptors (Lipinski definition) is 4. The van der Waals surface area contributed by atoms with Gasteiger partial charge in [0.1, 0.15) is 5.75 Å². The van der Waals surface area contributed by atoms with Crippen molar-refractivity contribution >= 4 is 22.4 Å². The molecule has 0 unspecified atom stereocenters. The number of anilines is 1. The average Bonchev–Trinajstić information content (AvgIpc) is 3.11. The number of phenolic OH excluding ortho intramolecular Hbond substituents is 1. The van der Waals surface area contributed by atoms with Crippen molar-refractivity contribution in [3.63, 3.8) is 0 Å². The summed E-state index contributed by atoms with van der Waals surface area (Å²) >= 11 is 1.47. The number of rotatable bonds is 4. The van der Waals surface area contributed by atoms with Crippen LogP contribution in [-0.4, -0.2) is 16.0 Å². The maximum atomic E-state index is 11.9. The summed E-state index contributed by atoms with van der Waals surface area (Å²) in [5.74, 6) is 0.672. The highest BCUT2D eigenvalue weighted by molar-refractivity contribution is 7.13. The second-order valence-corrected chi connectivity index (χ2v) is 5.60. The first-order chi connectivity index (χ1) is 9.20. The van der Waals surface area contributed by atoms with Crippen molar-refractivity contribution in [1.29, 1.82) is 0 Å². The zero-order valence-corrected chi connectivity index (χ0v) is 11.1. The molecule has 1 aliphatic carbocycles. The number of thiazole rings is 1. The maximum absolute atomic E-state index is 11.9. The number of phenols is 1. The van der Waals surface area contributed by atoms with Gasteiger partial charge in [0, 0.05) is 11.3 Å². The molecule has 1 aromatic carbocycles. The third-order valence-corrected chi connectivity index (χ3v) is 3.82. The van der Waals surface area contributed by atoms with Crippen LogP contribution in [0.1, 0.15) is 30.0 Å². The van der Waals surface area contributed by atoms with Crippen LogP contribution in [0.4, 0.5) is 5.13 Å². The fourth-order valence-corrected chi connectivity index (χ4v) is 2.73. The summed E-state index contributed by atoms with van der Waals surface area (Å²) < 4.78 is 0. The number of benzene rings is 1. The van der Waals surface area contributed by atoms with Crippen molar-refractivity contribution in [3.05, 3.63) is 40.9 Å². The van der Waals surface area contributed by atoms with E-state index < -0.39 is 0 Å². The number of amides is 1. The highest BCUT2D eigenvalue weighted by Gasteiger charge is 2.26. The molecule has 1 saturated carbocycles. The van der Waals surface area contributed by atoms with Gasteiger partial charge in [-0.3, -0.25) is 4.79 Å². The van der Waals surface area contributed by atoms with E-state index in [4.69, 9.17) is 0 Å². The summed E-state index contributed by atoms with van der Waals surface area (Å²) in [6.45, 7) is 0. The number of aromatic nitrogens is 1. The van der Waals surface area contributed by atoms with E-state index in [9.17, 15) is 9.90 Å². The van der Waals surface area contributed by atoms with Gasteiger partial charge in [0.2, 0.25) is 5.91 Å². The number of nitrogens with one attached hydrogen (secondary N) is 1. The van der Waals surface area contributed by atoms with E-state index in [0.717, 1.165) is 11.3 Å². The molecule has 0 saturated heterocycles. The molecule has 1 heterocycles. The topological polar surface area (TPSA) is 62.2 Å². The van der Waals surface area contributed by atoms with Gasteiger partial charge in [-0.2, -0.15) is 0 Å². The van der Waals surface area contributed by atoms with Crippen molar-refractivity contribution < 1.29 is 9.90 Å². The Balaban J connectivity index is 1.61. The van der Waals surface area contributed by atoms with Crippen LogP contribution in [0.5, 0.6) is 5.75 Å². The number of nitrogens with zero attached hydrogens (tertiary/aromatic N) is 1. The predicted octanol–water partition coefficient (Wildman–Crippen LogP) is 2.91. The molecule has 0 radical (unpaired) electrons. The van der Waals surface area contributed by atoms with Crippen molar-refractivity contribution in [2.45, 2.75) is 25.2 Å². The minimum Gasteiger partial charge on any atom is -0.508 e. The standard InChI is InChI=1S/C14H14N2O2S/c17-11-3-1-2-9(6-11)7-13(18)16-14-15-12(8-19-14)10-4-5-10/h1-3,6,8,10,17H,4-5,7H2,(H,15,16,18). The molecule has 0 spiro atoms. The molecule has 2 aromatic rings. The number of carbonyl (C=O) groups is 1. The van der Waals surface area contributed by atoms with Gasteiger partial charge in [-0.25, -0.2) is 4.98 Å². The Kier molecular flexibility index (Phi) is 3.21. The molecule has 0 aliphatic heterocycles. The van der Waals surface area contributed by atoms with E-state index in [1.807, 2.05) is 11.4 Å². The highest BCUT2D eigenvalue weighted by atomic mass is 32.1. The van der Waals surface area contributed by atoms with E-state index >= 15 is 0 Å². The third kappa shape index (κ3) is 3.12. The van der Waals surface area contributed by atoms with Gasteiger partial charge in [-0.05, 0) is 30.5 Å². The second-order valence-electron chi connectivity index (χ2n) is 4.75. The molecule has 2 N–H and O–H groups in total. The fraction of sp³-hybridized carbons (Fsp3) is 0.286. The van der Waals surface area contributed by atoms with Crippen molar-refractivity contribution in [1.82, 2.24) is 4.98 Å². The summed E-state index contributed by atoms with van der Waals surface area (Å²) in [4.78, 5) is 16.3. The largest absolute Gasteiger partial charge is 0.508 e. The molecule has 1 amide bonds. The van der Waals surface area contributed by atoms with Crippen LogP contribution in [-0.2, 0) is 11.2 Å². The molecule has 0 bridgehead atoms. The number of carbonyl (C=O) groups excluding carboxylic acids is 1. The molecule has 0 atom stereocenters. The first kappa shape index (κ1) is 12.2. The molecule has 3 rings (SSSR count). The summed E-state index contributed by atoms with van der Waals surface area (Å²) in [7, 11) is 0. The van der Waals surface area contributed by atoms with E-state index in [-0.39, 0.29) is 18.1 Å². The lowest BCUT2D eigenvalue weighted by atomic mass is 10.1. The van der Waals surface area contributed by atoms with Crippen molar-refractivity contribution in [3.8, 4) is 5.75 Å². The molecule has 19 heavy (non-hydrogen) atoms. The maximum Gasteiger partial charge on any atom is 0.230 e. The van der Waals surface area contributed by atoms with E-state index in [1.54, 1.807) is 18.2 Å². The van der Waals surface area contributed by atoms with Crippen LogP contribution in [0.3, 0.4) is 0 Å². The van der Waals surface area contributed by atoms with Crippen LogP contribution in [0.15, 0.2) is 29.6 Å². The Labute approximate surface area is 115 Å². The van der Waals surface area contributed by atoms with Crippen LogP contribution in [0, 0.1) is 0 Å². The fourth-order valence-electron chi connectivity index (χ4n) is 1.93. The minimum absolute atomic E-state index is 0.109. The summed E-state index contributed by atoms with van der Waals surface area (Å²) in [6.07, 6.45) is 2.66. The smallest absolute Gasteiger partial charge is 0.230 e. The minimum atomic E-state index is -0.109. The van der Waals surface area contributed by atoms with Gasteiger partial charge in [-0.1, -0.05) is 12.1 Å². The Bertz CT molecular complexity index is 605. The summed E-state index contributed by atoms with van der Waals surface area (Å²) in [5.41, 5.74) is 1.88. The first-order valence-corrected chi connectivity index (χ1v) is 7.12. The summed E-state index contributed by atoms with van der Waals surface area (Å²) in [5, 5.41) is 14.8. The van der Waals surface area contributed by atoms with Crippen LogP contribution < -0.4 is 5.32 Å². The Morgan fingerprint density at radius 1 is 1.47 bits per heavy atom. The average molecular weight is 274 g/mol. The van der Waals surface area contributed by atoms with E-state index in [0.29, 0.717) is 11.0 Å². The lowest BCUT2D eigenvalue weighted by molar-refractivity contribution is -0.115. The van der Waals surface area contributed by atoms with Gasteiger partial charge in [0.25, 0.3) is 0 Å². The molecule has 4 nitrogen and oxygen atoms in total. The first-order valence-electron chi connectivity index (χ1n) is 6.24. The van der Waals surface area contributed by atoms with Gasteiger partial charge >= 0.3 is 0 Å². The Hall–Kier alpha value is -1.88. The monoisotopic (exact) mass is 274 g/mol. The van der Waals surface area contributed by atoms with Crippen LogP contribution >= 0.6 is 11.3 Å². The summed E-state index contributed by atoms with van der Waals surface area (Å²) in [6, 6.07) is 6.73. The third-order valence-electron chi connectivity index (χ3n) is 3.04. The van der Waals surface area contributed by atoms with Crippen molar-refractivity contribution in [2.24, 2.45) is 0 Å². The predicted molar refractivity (Wildman–Crippen MR) is 74.5 cm³/mol.